The van der Waals surface area contributed by atoms with E-state index >= 15 is 0 Å². The minimum atomic E-state index is -0.0362. The minimum Gasteiger partial charge on any atom is -0.393 e. The van der Waals surface area contributed by atoms with Gasteiger partial charge in [0.2, 0.25) is 0 Å². The van der Waals surface area contributed by atoms with Crippen LogP contribution in [-0.2, 0) is 0 Å². The van der Waals surface area contributed by atoms with Crippen molar-refractivity contribution < 1.29 is 5.11 Å². The molecule has 4 saturated carbocycles. The lowest BCUT2D eigenvalue weighted by atomic mass is 9.45. The van der Waals surface area contributed by atoms with E-state index in [1.54, 1.807) is 0 Å². The lowest BCUT2D eigenvalue weighted by Crippen LogP contribution is -2.54. The van der Waals surface area contributed by atoms with Crippen molar-refractivity contribution >= 4 is 5.71 Å². The fourth-order valence-corrected chi connectivity index (χ4v) is 7.24. The molecular weight excluding hydrogens is 272 g/mol. The average molecular weight is 304 g/mol. The van der Waals surface area contributed by atoms with E-state index in [2.05, 4.69) is 18.9 Å². The maximum absolute atomic E-state index is 10.1. The summed E-state index contributed by atoms with van der Waals surface area (Å²) in [6.45, 7) is 4.99. The van der Waals surface area contributed by atoms with Crippen molar-refractivity contribution in [2.24, 2.45) is 45.4 Å². The van der Waals surface area contributed by atoms with E-state index in [4.69, 9.17) is 5.84 Å². The molecule has 0 aromatic heterocycles. The third-order valence-corrected chi connectivity index (χ3v) is 8.53. The molecule has 0 aromatic carbocycles. The molecule has 0 radical (unpaired) electrons. The Morgan fingerprint density at radius 3 is 2.64 bits per heavy atom. The van der Waals surface area contributed by atoms with Crippen LogP contribution in [0.25, 0.3) is 0 Å². The van der Waals surface area contributed by atoms with E-state index < -0.39 is 0 Å². The van der Waals surface area contributed by atoms with Gasteiger partial charge in [0.15, 0.2) is 0 Å². The number of nitrogens with zero attached hydrogens (tertiary/aromatic N) is 1. The van der Waals surface area contributed by atoms with Gasteiger partial charge in [-0.1, -0.05) is 13.8 Å². The van der Waals surface area contributed by atoms with Crippen molar-refractivity contribution in [3.05, 3.63) is 0 Å². The van der Waals surface area contributed by atoms with E-state index in [1.807, 2.05) is 0 Å². The Kier molecular flexibility index (Phi) is 3.38. The van der Waals surface area contributed by atoms with E-state index in [0.717, 1.165) is 42.9 Å². The second kappa shape index (κ2) is 4.96. The molecule has 3 heteroatoms. The molecule has 3 N–H and O–H groups in total. The first kappa shape index (κ1) is 15.0. The van der Waals surface area contributed by atoms with Crippen LogP contribution in [-0.4, -0.2) is 16.9 Å². The molecule has 7 atom stereocenters. The number of nitrogens with two attached hydrogens (primary N) is 1. The van der Waals surface area contributed by atoms with Crippen LogP contribution < -0.4 is 5.84 Å². The third-order valence-electron chi connectivity index (χ3n) is 8.53. The number of hydrazone groups is 1. The van der Waals surface area contributed by atoms with Gasteiger partial charge in [-0.3, -0.25) is 0 Å². The zero-order valence-electron chi connectivity index (χ0n) is 14.2. The van der Waals surface area contributed by atoms with Crippen molar-refractivity contribution in [1.82, 2.24) is 0 Å². The van der Waals surface area contributed by atoms with E-state index in [-0.39, 0.29) is 11.5 Å². The molecule has 4 aliphatic carbocycles. The number of rotatable bonds is 0. The number of hydrogen-bond acceptors (Lipinski definition) is 3. The van der Waals surface area contributed by atoms with Gasteiger partial charge in [-0.15, -0.1) is 0 Å². The summed E-state index contributed by atoms with van der Waals surface area (Å²) in [4.78, 5) is 0. The lowest BCUT2D eigenvalue weighted by Gasteiger charge is -2.60. The molecule has 0 aromatic rings. The van der Waals surface area contributed by atoms with Gasteiger partial charge in [-0.2, -0.15) is 5.10 Å². The summed E-state index contributed by atoms with van der Waals surface area (Å²) in [5.41, 5.74) is 2.06. The van der Waals surface area contributed by atoms with E-state index in [1.165, 1.54) is 44.2 Å². The van der Waals surface area contributed by atoms with Crippen molar-refractivity contribution in [2.45, 2.75) is 77.7 Å². The number of hydrogen-bond donors (Lipinski definition) is 2. The Labute approximate surface area is 134 Å². The maximum atomic E-state index is 10.1. The zero-order chi connectivity index (χ0) is 15.5. The van der Waals surface area contributed by atoms with Crippen LogP contribution in [0.2, 0.25) is 0 Å². The first-order valence-corrected chi connectivity index (χ1v) is 9.44. The summed E-state index contributed by atoms with van der Waals surface area (Å²) in [6.07, 6.45) is 11.0. The summed E-state index contributed by atoms with van der Waals surface area (Å²) in [5, 5.41) is 14.3. The van der Waals surface area contributed by atoms with E-state index in [0.29, 0.717) is 5.41 Å². The molecule has 124 valence electrons. The highest BCUT2D eigenvalue weighted by molar-refractivity contribution is 5.92. The van der Waals surface area contributed by atoms with Crippen molar-refractivity contribution in [2.75, 3.05) is 0 Å². The first-order chi connectivity index (χ1) is 10.5. The number of aliphatic hydroxyl groups is 1. The summed E-state index contributed by atoms with van der Waals surface area (Å²) in [7, 11) is 0. The monoisotopic (exact) mass is 304 g/mol. The average Bonchev–Trinajstić information content (AvgIpc) is 2.84. The SMILES string of the molecule is C[C@]12CC[C@@H](O)C[C@@H]1CC[C@@H]1[C@@H]2CC[C@]2(C)/C(=N/N)CC[C@@H]12. The highest BCUT2D eigenvalue weighted by Gasteiger charge is 2.59. The third kappa shape index (κ3) is 1.87. The van der Waals surface area contributed by atoms with Crippen LogP contribution >= 0.6 is 0 Å². The van der Waals surface area contributed by atoms with Crippen molar-refractivity contribution in [3.63, 3.8) is 0 Å². The fourth-order valence-electron chi connectivity index (χ4n) is 7.24. The lowest BCUT2D eigenvalue weighted by molar-refractivity contribution is -0.113. The molecule has 0 aliphatic heterocycles. The molecule has 0 heterocycles. The molecule has 0 spiro atoms. The molecule has 0 amide bonds. The largest absolute Gasteiger partial charge is 0.393 e. The first-order valence-electron chi connectivity index (χ1n) is 9.44. The highest BCUT2D eigenvalue weighted by Crippen LogP contribution is 2.65. The van der Waals surface area contributed by atoms with Crippen LogP contribution in [0.3, 0.4) is 0 Å². The summed E-state index contributed by atoms with van der Waals surface area (Å²) in [5.74, 6) is 9.00. The summed E-state index contributed by atoms with van der Waals surface area (Å²) < 4.78 is 0. The Morgan fingerprint density at radius 2 is 1.86 bits per heavy atom. The summed E-state index contributed by atoms with van der Waals surface area (Å²) in [6, 6.07) is 0. The van der Waals surface area contributed by atoms with Crippen molar-refractivity contribution in [1.29, 1.82) is 0 Å². The van der Waals surface area contributed by atoms with Crippen LogP contribution in [0.15, 0.2) is 5.10 Å². The normalized spacial score (nSPS) is 56.3. The topological polar surface area (TPSA) is 58.6 Å². The van der Waals surface area contributed by atoms with Gasteiger partial charge in [0, 0.05) is 11.1 Å². The van der Waals surface area contributed by atoms with Crippen molar-refractivity contribution in [3.8, 4) is 0 Å². The Bertz CT molecular complexity index is 490. The van der Waals surface area contributed by atoms with Gasteiger partial charge in [0.05, 0.1) is 6.10 Å². The number of aliphatic hydroxyl groups excluding tert-OH is 1. The van der Waals surface area contributed by atoms with Gasteiger partial charge in [-0.25, -0.2) is 0 Å². The van der Waals surface area contributed by atoms with Crippen LogP contribution in [0.5, 0.6) is 0 Å². The second-order valence-electron chi connectivity index (χ2n) is 9.16. The van der Waals surface area contributed by atoms with Crippen LogP contribution in [0.4, 0.5) is 0 Å². The zero-order valence-corrected chi connectivity index (χ0v) is 14.2. The fraction of sp³-hybridized carbons (Fsp3) is 0.947. The van der Waals surface area contributed by atoms with Gasteiger partial charge in [0.1, 0.15) is 0 Å². The van der Waals surface area contributed by atoms with Gasteiger partial charge in [-0.05, 0) is 86.9 Å². The predicted octanol–water partition coefficient (Wildman–Crippen LogP) is 3.70. The van der Waals surface area contributed by atoms with Gasteiger partial charge >= 0.3 is 0 Å². The van der Waals surface area contributed by atoms with Crippen LogP contribution in [0, 0.1) is 34.5 Å². The molecule has 4 aliphatic rings. The van der Waals surface area contributed by atoms with Gasteiger partial charge in [0.25, 0.3) is 0 Å². The number of fused-ring (bicyclic) bond motifs is 5. The highest BCUT2D eigenvalue weighted by atomic mass is 16.3. The Morgan fingerprint density at radius 1 is 1.05 bits per heavy atom. The van der Waals surface area contributed by atoms with Crippen LogP contribution in [0.1, 0.15) is 71.6 Å². The molecule has 0 unspecified atom stereocenters. The quantitative estimate of drug-likeness (QED) is 0.529. The second-order valence-corrected chi connectivity index (χ2v) is 9.16. The van der Waals surface area contributed by atoms with Gasteiger partial charge < -0.3 is 10.9 Å². The standard InChI is InChI=1S/C19H32N2O/c1-18-9-7-13(22)11-12(18)3-4-14-15-5-6-17(21-20)19(15,2)10-8-16(14)18/h12-16,22H,3-11,20H2,1-2H3/b21-17+/t12-,13+,14-,15-,16-,18-,19-/m0/s1. The summed E-state index contributed by atoms with van der Waals surface area (Å²) >= 11 is 0. The minimum absolute atomic E-state index is 0.0362. The molecule has 22 heavy (non-hydrogen) atoms. The molecule has 4 fully saturated rings. The molecule has 4 rings (SSSR count). The smallest absolute Gasteiger partial charge is 0.0543 e. The molecule has 0 saturated heterocycles. The van der Waals surface area contributed by atoms with E-state index in [9.17, 15) is 5.11 Å². The predicted molar refractivity (Wildman–Crippen MR) is 89.4 cm³/mol. The molecule has 3 nitrogen and oxygen atoms in total. The Balaban J connectivity index is 1.63. The molecular formula is C19H32N2O. The Hall–Kier alpha value is -0.570. The maximum Gasteiger partial charge on any atom is 0.0543 e. The molecule has 0 bridgehead atoms.